The van der Waals surface area contributed by atoms with Crippen LogP contribution in [-0.2, 0) is 4.79 Å². The van der Waals surface area contributed by atoms with Gasteiger partial charge >= 0.3 is 0 Å². The second-order valence-electron chi connectivity index (χ2n) is 4.42. The average molecular weight is 409 g/mol. The van der Waals surface area contributed by atoms with Crippen molar-refractivity contribution >= 4 is 50.1 Å². The zero-order valence-electron chi connectivity index (χ0n) is 9.30. The number of nitrogens with two attached hydrogens (primary N) is 1. The number of carbonyl (C=O) groups is 1. The third-order valence-corrected chi connectivity index (χ3v) is 5.69. The molecule has 1 aliphatic carbocycles. The van der Waals surface area contributed by atoms with E-state index >= 15 is 0 Å². The van der Waals surface area contributed by atoms with Gasteiger partial charge in [-0.05, 0) is 69.6 Å². The maximum Gasteiger partial charge on any atom is 0.231 e. The lowest BCUT2D eigenvalue weighted by Crippen LogP contribution is -2.47. The zero-order valence-corrected chi connectivity index (χ0v) is 13.0. The predicted octanol–water partition coefficient (Wildman–Crippen LogP) is 3.12. The summed E-state index contributed by atoms with van der Waals surface area (Å²) in [5, 5.41) is 2.96. The number of anilines is 1. The van der Waals surface area contributed by atoms with Gasteiger partial charge in [-0.3, -0.25) is 4.79 Å². The van der Waals surface area contributed by atoms with E-state index in [0.717, 1.165) is 33.0 Å². The van der Waals surface area contributed by atoms with E-state index in [1.807, 2.05) is 18.2 Å². The molecule has 1 aliphatic rings. The Labute approximate surface area is 123 Å². The highest BCUT2D eigenvalue weighted by atomic mass is 127. The Morgan fingerprint density at radius 1 is 1.53 bits per heavy atom. The van der Waals surface area contributed by atoms with E-state index in [2.05, 4.69) is 43.8 Å². The number of benzene rings is 1. The lowest BCUT2D eigenvalue weighted by atomic mass is 9.68. The van der Waals surface area contributed by atoms with Crippen molar-refractivity contribution in [2.75, 3.05) is 11.9 Å². The minimum Gasteiger partial charge on any atom is -0.329 e. The van der Waals surface area contributed by atoms with Gasteiger partial charge in [0.1, 0.15) is 0 Å². The van der Waals surface area contributed by atoms with Gasteiger partial charge in [-0.25, -0.2) is 0 Å². The maximum atomic E-state index is 12.1. The Kier molecular flexibility index (Phi) is 4.10. The molecule has 0 bridgehead atoms. The molecule has 2 rings (SSSR count). The van der Waals surface area contributed by atoms with Crippen molar-refractivity contribution in [3.63, 3.8) is 0 Å². The van der Waals surface area contributed by atoms with Gasteiger partial charge in [-0.2, -0.15) is 0 Å². The Balaban J connectivity index is 2.10. The molecule has 0 aliphatic heterocycles. The summed E-state index contributed by atoms with van der Waals surface area (Å²) in [7, 11) is 0. The van der Waals surface area contributed by atoms with Crippen LogP contribution in [0.1, 0.15) is 19.3 Å². The largest absolute Gasteiger partial charge is 0.329 e. The van der Waals surface area contributed by atoms with E-state index in [0.29, 0.717) is 6.54 Å². The third-order valence-electron chi connectivity index (χ3n) is 3.36. The monoisotopic (exact) mass is 408 g/mol. The van der Waals surface area contributed by atoms with Gasteiger partial charge < -0.3 is 11.1 Å². The van der Waals surface area contributed by atoms with E-state index < -0.39 is 0 Å². The highest BCUT2D eigenvalue weighted by Gasteiger charge is 2.42. The Morgan fingerprint density at radius 2 is 2.24 bits per heavy atom. The first kappa shape index (κ1) is 13.3. The second-order valence-corrected chi connectivity index (χ2v) is 6.44. The van der Waals surface area contributed by atoms with Crippen molar-refractivity contribution < 1.29 is 4.79 Å². The number of halogens is 2. The fraction of sp³-hybridized carbons (Fsp3) is 0.417. The molecule has 1 saturated carbocycles. The zero-order chi connectivity index (χ0) is 12.5. The first-order valence-electron chi connectivity index (χ1n) is 5.54. The summed E-state index contributed by atoms with van der Waals surface area (Å²) in [5.74, 6) is 0.0596. The summed E-state index contributed by atoms with van der Waals surface area (Å²) in [5.41, 5.74) is 6.22. The molecule has 3 N–H and O–H groups in total. The van der Waals surface area contributed by atoms with Crippen LogP contribution in [0.15, 0.2) is 22.7 Å². The van der Waals surface area contributed by atoms with Gasteiger partial charge in [-0.1, -0.05) is 6.42 Å². The quantitative estimate of drug-likeness (QED) is 0.755. The van der Waals surface area contributed by atoms with E-state index in [-0.39, 0.29) is 11.3 Å². The normalized spacial score (nSPS) is 17.4. The van der Waals surface area contributed by atoms with E-state index in [1.54, 1.807) is 0 Å². The standard InChI is InChI=1S/C12H14BrIN2O/c13-9-3-2-8(6-10(9)14)16-11(17)12(7-15)4-1-5-12/h2-3,6H,1,4-5,7,15H2,(H,16,17). The smallest absolute Gasteiger partial charge is 0.231 e. The average Bonchev–Trinajstić information content (AvgIpc) is 2.23. The van der Waals surface area contributed by atoms with Gasteiger partial charge in [0.05, 0.1) is 5.41 Å². The molecule has 1 amide bonds. The van der Waals surface area contributed by atoms with Crippen molar-refractivity contribution in [1.82, 2.24) is 0 Å². The van der Waals surface area contributed by atoms with Crippen molar-refractivity contribution in [3.8, 4) is 0 Å². The summed E-state index contributed by atoms with van der Waals surface area (Å²) >= 11 is 5.66. The number of amides is 1. The SMILES string of the molecule is NCC1(C(=O)Nc2ccc(Br)c(I)c2)CCC1. The highest BCUT2D eigenvalue weighted by Crippen LogP contribution is 2.40. The molecule has 1 aromatic rings. The van der Waals surface area contributed by atoms with Gasteiger partial charge in [0, 0.05) is 20.3 Å². The highest BCUT2D eigenvalue weighted by molar-refractivity contribution is 14.1. The number of hydrogen-bond donors (Lipinski definition) is 2. The van der Waals surface area contributed by atoms with Crippen LogP contribution in [0.5, 0.6) is 0 Å². The van der Waals surface area contributed by atoms with Crippen molar-refractivity contribution in [3.05, 3.63) is 26.2 Å². The summed E-state index contributed by atoms with van der Waals surface area (Å²) in [6.45, 7) is 0.437. The number of rotatable bonds is 3. The molecule has 0 radical (unpaired) electrons. The molecular formula is C12H14BrIN2O. The Bertz CT molecular complexity index is 441. The van der Waals surface area contributed by atoms with Crippen LogP contribution >= 0.6 is 38.5 Å². The van der Waals surface area contributed by atoms with E-state index in [9.17, 15) is 4.79 Å². The van der Waals surface area contributed by atoms with Crippen LogP contribution in [0.3, 0.4) is 0 Å². The van der Waals surface area contributed by atoms with E-state index in [4.69, 9.17) is 5.73 Å². The minimum atomic E-state index is -0.321. The van der Waals surface area contributed by atoms with Gasteiger partial charge in [0.25, 0.3) is 0 Å². The van der Waals surface area contributed by atoms with Gasteiger partial charge in [0.2, 0.25) is 5.91 Å². The molecule has 0 saturated heterocycles. The maximum absolute atomic E-state index is 12.1. The van der Waals surface area contributed by atoms with Crippen molar-refractivity contribution in [2.45, 2.75) is 19.3 Å². The van der Waals surface area contributed by atoms with Crippen LogP contribution in [0, 0.1) is 8.99 Å². The van der Waals surface area contributed by atoms with Crippen molar-refractivity contribution in [1.29, 1.82) is 0 Å². The molecule has 5 heteroatoms. The number of hydrogen-bond acceptors (Lipinski definition) is 2. The molecule has 92 valence electrons. The first-order chi connectivity index (χ1) is 8.07. The van der Waals surface area contributed by atoms with E-state index in [1.165, 1.54) is 0 Å². The third kappa shape index (κ3) is 2.66. The molecule has 0 unspecified atom stereocenters. The molecule has 17 heavy (non-hydrogen) atoms. The summed E-state index contributed by atoms with van der Waals surface area (Å²) < 4.78 is 2.11. The predicted molar refractivity (Wildman–Crippen MR) is 80.8 cm³/mol. The Hall–Kier alpha value is -0.140. The molecule has 1 aromatic carbocycles. The minimum absolute atomic E-state index is 0.0596. The van der Waals surface area contributed by atoms with Crippen LogP contribution in [-0.4, -0.2) is 12.5 Å². The van der Waals surface area contributed by atoms with Crippen molar-refractivity contribution in [2.24, 2.45) is 11.1 Å². The molecular weight excluding hydrogens is 395 g/mol. The molecule has 0 heterocycles. The van der Waals surface area contributed by atoms with Gasteiger partial charge in [0.15, 0.2) is 0 Å². The van der Waals surface area contributed by atoms with Gasteiger partial charge in [-0.15, -0.1) is 0 Å². The fourth-order valence-corrected chi connectivity index (χ4v) is 2.73. The lowest BCUT2D eigenvalue weighted by Gasteiger charge is -2.39. The molecule has 1 fully saturated rings. The first-order valence-corrected chi connectivity index (χ1v) is 7.41. The molecule has 0 atom stereocenters. The topological polar surface area (TPSA) is 55.1 Å². The summed E-state index contributed by atoms with van der Waals surface area (Å²) in [4.78, 5) is 12.1. The van der Waals surface area contributed by atoms with Crippen LogP contribution < -0.4 is 11.1 Å². The number of carbonyl (C=O) groups excluding carboxylic acids is 1. The summed E-state index contributed by atoms with van der Waals surface area (Å²) in [6.07, 6.45) is 2.91. The summed E-state index contributed by atoms with van der Waals surface area (Å²) in [6, 6.07) is 5.78. The molecule has 3 nitrogen and oxygen atoms in total. The van der Waals surface area contributed by atoms with Crippen LogP contribution in [0.25, 0.3) is 0 Å². The number of nitrogens with one attached hydrogen (secondary N) is 1. The lowest BCUT2D eigenvalue weighted by molar-refractivity contribution is -0.129. The fourth-order valence-electron chi connectivity index (χ4n) is 1.96. The second kappa shape index (κ2) is 5.24. The molecule has 0 aromatic heterocycles. The van der Waals surface area contributed by atoms with Crippen LogP contribution in [0.4, 0.5) is 5.69 Å². The molecule has 0 spiro atoms. The Morgan fingerprint density at radius 3 is 2.71 bits per heavy atom. The van der Waals surface area contributed by atoms with Crippen LogP contribution in [0.2, 0.25) is 0 Å².